The minimum absolute atomic E-state index is 0.161. The second-order valence-electron chi connectivity index (χ2n) is 7.05. The van der Waals surface area contributed by atoms with Gasteiger partial charge in [-0.1, -0.05) is 30.3 Å². The first-order valence-corrected chi connectivity index (χ1v) is 9.53. The lowest BCUT2D eigenvalue weighted by molar-refractivity contribution is -0.134. The van der Waals surface area contributed by atoms with E-state index in [1.54, 1.807) is 6.07 Å². The molecule has 2 N–H and O–H groups in total. The number of nitrogens with one attached hydrogen (secondary N) is 2. The first-order valence-electron chi connectivity index (χ1n) is 9.53. The van der Waals surface area contributed by atoms with Crippen molar-refractivity contribution in [2.24, 2.45) is 0 Å². The van der Waals surface area contributed by atoms with Gasteiger partial charge in [-0.3, -0.25) is 0 Å². The molecule has 0 amide bonds. The molecule has 28 heavy (non-hydrogen) atoms. The van der Waals surface area contributed by atoms with Gasteiger partial charge in [0.05, 0.1) is 7.11 Å². The van der Waals surface area contributed by atoms with Crippen molar-refractivity contribution in [3.05, 3.63) is 76.7 Å². The number of esters is 1. The van der Waals surface area contributed by atoms with Gasteiger partial charge in [-0.15, -0.1) is 0 Å². The number of methoxy groups -OCH3 is 1. The number of benzene rings is 2. The molecule has 1 aromatic heterocycles. The molecule has 144 valence electrons. The molecular weight excluding hydrogens is 355 g/mol. The standard InChI is InChI=1S/C23H23FN2O2/c1-28-22(27)11-7-15-6-8-18-19(23(15)24)9-10-21(18)25-13-12-16-14-26-20-5-3-2-4-17(16)20/h2-8,11,14,21,25-26H,9-10,12-13H2,1H3. The number of carbonyl (C=O) groups excluding carboxylic acids is 1. The quantitative estimate of drug-likeness (QED) is 0.496. The zero-order valence-corrected chi connectivity index (χ0v) is 15.8. The number of aromatic nitrogens is 1. The summed E-state index contributed by atoms with van der Waals surface area (Å²) in [6.07, 6.45) is 7.28. The average Bonchev–Trinajstić information content (AvgIpc) is 3.32. The topological polar surface area (TPSA) is 54.1 Å². The Bertz CT molecular complexity index is 1040. The van der Waals surface area contributed by atoms with Gasteiger partial charge in [0.2, 0.25) is 0 Å². The van der Waals surface area contributed by atoms with E-state index >= 15 is 0 Å². The Kier molecular flexibility index (Phi) is 5.26. The molecule has 2 aromatic carbocycles. The minimum atomic E-state index is -0.489. The lowest BCUT2D eigenvalue weighted by Gasteiger charge is -2.14. The SMILES string of the molecule is COC(=O)C=Cc1ccc2c(c1F)CCC2NCCc1c[nH]c2ccccc12. The molecule has 1 aliphatic rings. The number of ether oxygens (including phenoxy) is 1. The molecule has 0 saturated carbocycles. The number of rotatable bonds is 6. The average molecular weight is 378 g/mol. The van der Waals surface area contributed by atoms with Crippen LogP contribution in [0.25, 0.3) is 17.0 Å². The fourth-order valence-electron chi connectivity index (χ4n) is 3.97. The van der Waals surface area contributed by atoms with Gasteiger partial charge in [0.1, 0.15) is 5.82 Å². The molecule has 0 bridgehead atoms. The van der Waals surface area contributed by atoms with Crippen molar-refractivity contribution in [2.45, 2.75) is 25.3 Å². The fraction of sp³-hybridized carbons (Fsp3) is 0.261. The molecule has 5 heteroatoms. The van der Waals surface area contributed by atoms with Crippen LogP contribution in [0.3, 0.4) is 0 Å². The first kappa shape index (κ1) is 18.4. The second-order valence-corrected chi connectivity index (χ2v) is 7.05. The summed E-state index contributed by atoms with van der Waals surface area (Å²) in [5.41, 5.74) is 4.63. The van der Waals surface area contributed by atoms with Gasteiger partial charge >= 0.3 is 5.97 Å². The van der Waals surface area contributed by atoms with E-state index in [1.165, 1.54) is 30.2 Å². The van der Waals surface area contributed by atoms with E-state index in [-0.39, 0.29) is 11.9 Å². The Labute approximate surface area is 163 Å². The van der Waals surface area contributed by atoms with E-state index in [9.17, 15) is 9.18 Å². The van der Waals surface area contributed by atoms with Crippen LogP contribution < -0.4 is 5.32 Å². The van der Waals surface area contributed by atoms with Gasteiger partial charge in [0.15, 0.2) is 0 Å². The third kappa shape index (κ3) is 3.58. The van der Waals surface area contributed by atoms with Gasteiger partial charge in [0.25, 0.3) is 0 Å². The maximum absolute atomic E-state index is 14.8. The van der Waals surface area contributed by atoms with Crippen molar-refractivity contribution in [1.82, 2.24) is 10.3 Å². The molecule has 1 atom stereocenters. The minimum Gasteiger partial charge on any atom is -0.466 e. The summed E-state index contributed by atoms with van der Waals surface area (Å²) in [6, 6.07) is 12.1. The van der Waals surface area contributed by atoms with Gasteiger partial charge in [0, 0.05) is 34.8 Å². The highest BCUT2D eigenvalue weighted by Gasteiger charge is 2.25. The summed E-state index contributed by atoms with van der Waals surface area (Å²) in [5, 5.41) is 4.83. The lowest BCUT2D eigenvalue weighted by atomic mass is 10.0. The van der Waals surface area contributed by atoms with Crippen molar-refractivity contribution in [2.75, 3.05) is 13.7 Å². The predicted octanol–water partition coefficient (Wildman–Crippen LogP) is 4.31. The van der Waals surface area contributed by atoms with Crippen molar-refractivity contribution >= 4 is 22.9 Å². The van der Waals surface area contributed by atoms with Gasteiger partial charge in [-0.2, -0.15) is 0 Å². The van der Waals surface area contributed by atoms with Gasteiger partial charge < -0.3 is 15.0 Å². The molecule has 1 heterocycles. The number of halogens is 1. The summed E-state index contributed by atoms with van der Waals surface area (Å²) in [6.45, 7) is 0.831. The molecule has 0 saturated heterocycles. The van der Waals surface area contributed by atoms with Crippen LogP contribution in [0.4, 0.5) is 4.39 Å². The molecule has 4 nitrogen and oxygen atoms in total. The summed E-state index contributed by atoms with van der Waals surface area (Å²) in [4.78, 5) is 14.5. The monoisotopic (exact) mass is 378 g/mol. The van der Waals surface area contributed by atoms with Crippen molar-refractivity contribution < 1.29 is 13.9 Å². The van der Waals surface area contributed by atoms with Crippen LogP contribution >= 0.6 is 0 Å². The number of fused-ring (bicyclic) bond motifs is 2. The lowest BCUT2D eigenvalue weighted by Crippen LogP contribution is -2.21. The predicted molar refractivity (Wildman–Crippen MR) is 109 cm³/mol. The summed E-state index contributed by atoms with van der Waals surface area (Å²) in [5.74, 6) is -0.727. The van der Waals surface area contributed by atoms with Crippen molar-refractivity contribution in [1.29, 1.82) is 0 Å². The van der Waals surface area contributed by atoms with Crippen LogP contribution in [-0.2, 0) is 22.4 Å². The Hall–Kier alpha value is -2.92. The number of para-hydroxylation sites is 1. The second kappa shape index (κ2) is 7.98. The van der Waals surface area contributed by atoms with Crippen LogP contribution in [0.2, 0.25) is 0 Å². The molecule has 0 fully saturated rings. The van der Waals surface area contributed by atoms with Crippen LogP contribution in [0.1, 0.15) is 34.7 Å². The van der Waals surface area contributed by atoms with Gasteiger partial charge in [-0.05, 0) is 54.6 Å². The fourth-order valence-corrected chi connectivity index (χ4v) is 3.97. The molecule has 0 spiro atoms. The summed E-state index contributed by atoms with van der Waals surface area (Å²) in [7, 11) is 1.30. The van der Waals surface area contributed by atoms with E-state index in [0.29, 0.717) is 12.0 Å². The molecule has 0 aliphatic heterocycles. The highest BCUT2D eigenvalue weighted by atomic mass is 19.1. The molecule has 4 rings (SSSR count). The van der Waals surface area contributed by atoms with Crippen LogP contribution in [-0.4, -0.2) is 24.6 Å². The number of aromatic amines is 1. The smallest absolute Gasteiger partial charge is 0.330 e. The Morgan fingerprint density at radius 1 is 1.32 bits per heavy atom. The van der Waals surface area contributed by atoms with Crippen LogP contribution in [0.15, 0.2) is 48.7 Å². The number of H-pyrrole nitrogens is 1. The number of hydrogen-bond donors (Lipinski definition) is 2. The third-order valence-corrected chi connectivity index (χ3v) is 5.43. The van der Waals surface area contributed by atoms with E-state index in [2.05, 4.69) is 39.4 Å². The Morgan fingerprint density at radius 3 is 3.04 bits per heavy atom. The first-order chi connectivity index (χ1) is 13.7. The van der Waals surface area contributed by atoms with Crippen molar-refractivity contribution in [3.8, 4) is 0 Å². The molecule has 1 aliphatic carbocycles. The maximum Gasteiger partial charge on any atom is 0.330 e. The third-order valence-electron chi connectivity index (χ3n) is 5.43. The van der Waals surface area contributed by atoms with Crippen LogP contribution in [0.5, 0.6) is 0 Å². The maximum atomic E-state index is 14.8. The van der Waals surface area contributed by atoms with Crippen LogP contribution in [0, 0.1) is 5.82 Å². The van der Waals surface area contributed by atoms with Crippen molar-refractivity contribution in [3.63, 3.8) is 0 Å². The Morgan fingerprint density at radius 2 is 2.18 bits per heavy atom. The molecule has 3 aromatic rings. The summed E-state index contributed by atoms with van der Waals surface area (Å²) >= 11 is 0. The largest absolute Gasteiger partial charge is 0.466 e. The highest BCUT2D eigenvalue weighted by molar-refractivity contribution is 5.87. The normalized spacial score (nSPS) is 16.0. The Balaban J connectivity index is 1.43. The molecule has 0 radical (unpaired) electrons. The summed E-state index contributed by atoms with van der Waals surface area (Å²) < 4.78 is 19.3. The van der Waals surface area contributed by atoms with E-state index in [1.807, 2.05) is 12.1 Å². The molecule has 1 unspecified atom stereocenters. The number of carbonyl (C=O) groups is 1. The zero-order chi connectivity index (χ0) is 19.5. The number of hydrogen-bond acceptors (Lipinski definition) is 3. The van der Waals surface area contributed by atoms with E-state index in [0.717, 1.165) is 36.0 Å². The zero-order valence-electron chi connectivity index (χ0n) is 15.8. The van der Waals surface area contributed by atoms with E-state index < -0.39 is 5.97 Å². The van der Waals surface area contributed by atoms with E-state index in [4.69, 9.17) is 0 Å². The molecular formula is C23H23FN2O2. The highest BCUT2D eigenvalue weighted by Crippen LogP contribution is 2.34. The van der Waals surface area contributed by atoms with Gasteiger partial charge in [-0.25, -0.2) is 9.18 Å².